The zero-order valence-electron chi connectivity index (χ0n) is 12.2. The van der Waals surface area contributed by atoms with Crippen LogP contribution in [-0.4, -0.2) is 33.5 Å². The van der Waals surface area contributed by atoms with Crippen molar-refractivity contribution in [2.24, 2.45) is 7.05 Å². The van der Waals surface area contributed by atoms with Crippen LogP contribution in [0.2, 0.25) is 0 Å². The SMILES string of the molecule is Cn1c(=O)c(C(=O)C(F)(F)C(F)(F)C(F)(F)F)c(O)c2ccccc21. The van der Waals surface area contributed by atoms with Crippen LogP contribution in [0.4, 0.5) is 30.7 Å². The van der Waals surface area contributed by atoms with Gasteiger partial charge in [0.1, 0.15) is 11.3 Å². The number of fused-ring (bicyclic) bond motifs is 1. The molecule has 0 saturated carbocycles. The summed E-state index contributed by atoms with van der Waals surface area (Å²) in [6, 6.07) is 4.96. The number of rotatable bonds is 3. The second kappa shape index (κ2) is 5.46. The number of aryl methyl sites for hydroxylation is 1. The predicted octanol–water partition coefficient (Wildman–Crippen LogP) is 3.26. The Balaban J connectivity index is 2.79. The van der Waals surface area contributed by atoms with Crippen molar-refractivity contribution >= 4 is 16.7 Å². The highest BCUT2D eigenvalue weighted by atomic mass is 19.4. The summed E-state index contributed by atoms with van der Waals surface area (Å²) in [5, 5.41) is 9.52. The van der Waals surface area contributed by atoms with Gasteiger partial charge in [-0.1, -0.05) is 12.1 Å². The molecule has 0 fully saturated rings. The number of aromatic nitrogens is 1. The highest BCUT2D eigenvalue weighted by molar-refractivity contribution is 6.07. The highest BCUT2D eigenvalue weighted by Crippen LogP contribution is 2.48. The summed E-state index contributed by atoms with van der Waals surface area (Å²) in [5.74, 6) is -17.6. The molecule has 0 aliphatic carbocycles. The second-order valence-electron chi connectivity index (χ2n) is 5.08. The molecule has 0 amide bonds. The third-order valence-electron chi connectivity index (χ3n) is 3.54. The predicted molar refractivity (Wildman–Crippen MR) is 71.1 cm³/mol. The molecule has 0 aliphatic heterocycles. The first kappa shape index (κ1) is 18.7. The van der Waals surface area contributed by atoms with Crippen molar-refractivity contribution in [3.63, 3.8) is 0 Å². The molecule has 2 aromatic rings. The Morgan fingerprint density at radius 1 is 1.04 bits per heavy atom. The molecule has 1 N–H and O–H groups in total. The summed E-state index contributed by atoms with van der Waals surface area (Å²) in [6.45, 7) is 0. The number of aromatic hydroxyl groups is 1. The molecule has 1 aromatic heterocycles. The maximum absolute atomic E-state index is 13.6. The van der Waals surface area contributed by atoms with Crippen LogP contribution in [0, 0.1) is 0 Å². The van der Waals surface area contributed by atoms with E-state index in [-0.39, 0.29) is 10.9 Å². The van der Waals surface area contributed by atoms with Crippen LogP contribution >= 0.6 is 0 Å². The van der Waals surface area contributed by atoms with E-state index < -0.39 is 40.7 Å². The minimum Gasteiger partial charge on any atom is -0.506 e. The number of para-hydroxylation sites is 1. The number of carbonyl (C=O) groups is 1. The smallest absolute Gasteiger partial charge is 0.460 e. The lowest BCUT2D eigenvalue weighted by atomic mass is 9.98. The molecule has 2 rings (SSSR count). The molecule has 1 aromatic carbocycles. The Hall–Kier alpha value is -2.59. The van der Waals surface area contributed by atoms with Gasteiger partial charge in [0, 0.05) is 12.4 Å². The van der Waals surface area contributed by atoms with Crippen LogP contribution in [-0.2, 0) is 7.05 Å². The number of halogens is 7. The molecule has 0 saturated heterocycles. The van der Waals surface area contributed by atoms with Crippen LogP contribution in [0.5, 0.6) is 5.75 Å². The van der Waals surface area contributed by atoms with Crippen molar-refractivity contribution in [2.45, 2.75) is 18.0 Å². The summed E-state index contributed by atoms with van der Waals surface area (Å²) in [6.07, 6.45) is -6.75. The molecule has 11 heteroatoms. The summed E-state index contributed by atoms with van der Waals surface area (Å²) >= 11 is 0. The Morgan fingerprint density at radius 3 is 2.08 bits per heavy atom. The second-order valence-corrected chi connectivity index (χ2v) is 5.08. The molecule has 0 aliphatic rings. The Kier molecular flexibility index (Phi) is 4.10. The lowest BCUT2D eigenvalue weighted by molar-refractivity contribution is -0.339. The van der Waals surface area contributed by atoms with Crippen LogP contribution in [0.15, 0.2) is 29.1 Å². The average Bonchev–Trinajstić information content (AvgIpc) is 2.51. The first-order valence-electron chi connectivity index (χ1n) is 6.43. The summed E-state index contributed by atoms with van der Waals surface area (Å²) in [5.41, 5.74) is -3.54. The first-order chi connectivity index (χ1) is 11.2. The number of hydrogen-bond donors (Lipinski definition) is 1. The summed E-state index contributed by atoms with van der Waals surface area (Å²) in [4.78, 5) is 23.7. The fraction of sp³-hybridized carbons (Fsp3) is 0.286. The van der Waals surface area contributed by atoms with E-state index in [1.165, 1.54) is 18.2 Å². The fourth-order valence-corrected chi connectivity index (χ4v) is 2.16. The number of carbonyl (C=O) groups excluding carboxylic acids is 1. The van der Waals surface area contributed by atoms with E-state index >= 15 is 0 Å². The third-order valence-corrected chi connectivity index (χ3v) is 3.54. The molecular weight excluding hydrogens is 363 g/mol. The minimum absolute atomic E-state index is 0.0487. The molecule has 0 unspecified atom stereocenters. The Labute approximate surface area is 134 Å². The van der Waals surface area contributed by atoms with Gasteiger partial charge in [-0.25, -0.2) is 0 Å². The molecule has 0 radical (unpaired) electrons. The third kappa shape index (κ3) is 2.53. The monoisotopic (exact) mass is 371 g/mol. The van der Waals surface area contributed by atoms with Crippen molar-refractivity contribution in [2.75, 3.05) is 0 Å². The molecule has 136 valence electrons. The fourth-order valence-electron chi connectivity index (χ4n) is 2.16. The molecular formula is C14H8F7NO3. The van der Waals surface area contributed by atoms with Gasteiger partial charge in [-0.05, 0) is 12.1 Å². The van der Waals surface area contributed by atoms with Gasteiger partial charge in [0.05, 0.1) is 5.52 Å². The number of alkyl halides is 7. The van der Waals surface area contributed by atoms with Crippen molar-refractivity contribution in [3.05, 3.63) is 40.2 Å². The van der Waals surface area contributed by atoms with Crippen LogP contribution in [0.1, 0.15) is 10.4 Å². The standard InChI is InChI=1S/C14H8F7NO3/c1-22-7-5-3-2-4-6(7)9(23)8(11(22)25)10(24)12(15,16)13(17,18)14(19,20)21/h2-5,23H,1H3. The minimum atomic E-state index is -6.75. The number of pyridine rings is 1. The van der Waals surface area contributed by atoms with Gasteiger partial charge in [-0.15, -0.1) is 0 Å². The van der Waals surface area contributed by atoms with E-state index in [1.54, 1.807) is 0 Å². The van der Waals surface area contributed by atoms with E-state index in [1.807, 2.05) is 0 Å². The number of ketones is 1. The van der Waals surface area contributed by atoms with E-state index in [4.69, 9.17) is 0 Å². The average molecular weight is 371 g/mol. The number of nitrogens with zero attached hydrogens (tertiary/aromatic N) is 1. The molecule has 25 heavy (non-hydrogen) atoms. The molecule has 0 spiro atoms. The van der Waals surface area contributed by atoms with Crippen molar-refractivity contribution < 1.29 is 40.6 Å². The molecule has 1 heterocycles. The molecule has 4 nitrogen and oxygen atoms in total. The first-order valence-corrected chi connectivity index (χ1v) is 6.43. The zero-order chi connectivity index (χ0) is 19.4. The van der Waals surface area contributed by atoms with Gasteiger partial charge in [0.2, 0.25) is 5.78 Å². The number of benzene rings is 1. The van der Waals surface area contributed by atoms with Crippen molar-refractivity contribution in [1.29, 1.82) is 0 Å². The lowest BCUT2D eigenvalue weighted by Gasteiger charge is -2.27. The van der Waals surface area contributed by atoms with Gasteiger partial charge in [-0.3, -0.25) is 9.59 Å². The number of Topliss-reactive ketones (excluding diaryl/α,β-unsaturated/α-hetero) is 1. The quantitative estimate of drug-likeness (QED) is 0.666. The van der Waals surface area contributed by atoms with E-state index in [2.05, 4.69) is 0 Å². The van der Waals surface area contributed by atoms with Crippen LogP contribution < -0.4 is 5.56 Å². The normalized spacial score (nSPS) is 13.3. The largest absolute Gasteiger partial charge is 0.506 e. The maximum atomic E-state index is 13.6. The topological polar surface area (TPSA) is 59.3 Å². The van der Waals surface area contributed by atoms with Gasteiger partial charge in [0.15, 0.2) is 0 Å². The van der Waals surface area contributed by atoms with E-state index in [0.717, 1.165) is 13.1 Å². The van der Waals surface area contributed by atoms with E-state index in [0.29, 0.717) is 4.57 Å². The van der Waals surface area contributed by atoms with Crippen molar-refractivity contribution in [1.82, 2.24) is 4.57 Å². The summed E-state index contributed by atoms with van der Waals surface area (Å²) < 4.78 is 90.5. The number of hydrogen-bond acceptors (Lipinski definition) is 3. The molecule has 0 atom stereocenters. The Bertz CT molecular complexity index is 915. The molecule has 0 bridgehead atoms. The Morgan fingerprint density at radius 2 is 1.56 bits per heavy atom. The van der Waals surface area contributed by atoms with Gasteiger partial charge in [-0.2, -0.15) is 30.7 Å². The van der Waals surface area contributed by atoms with Crippen molar-refractivity contribution in [3.8, 4) is 5.75 Å². The van der Waals surface area contributed by atoms with E-state index in [9.17, 15) is 45.4 Å². The van der Waals surface area contributed by atoms with Crippen LogP contribution in [0.25, 0.3) is 10.9 Å². The maximum Gasteiger partial charge on any atom is 0.460 e. The highest BCUT2D eigenvalue weighted by Gasteiger charge is 2.76. The van der Waals surface area contributed by atoms with Gasteiger partial charge < -0.3 is 9.67 Å². The lowest BCUT2D eigenvalue weighted by Crippen LogP contribution is -2.57. The summed E-state index contributed by atoms with van der Waals surface area (Å²) in [7, 11) is 0.973. The van der Waals surface area contributed by atoms with Crippen LogP contribution in [0.3, 0.4) is 0 Å². The van der Waals surface area contributed by atoms with Gasteiger partial charge >= 0.3 is 18.0 Å². The van der Waals surface area contributed by atoms with Gasteiger partial charge in [0.25, 0.3) is 5.56 Å². The zero-order valence-corrected chi connectivity index (χ0v) is 12.2.